The number of aliphatic carboxylic acids is 1. The largest absolute Gasteiger partial charge is 0.495 e. The molecule has 1 aromatic carbocycles. The number of likely N-dealkylation sites (tertiary alicyclic amines) is 1. The molecular formula is C18H26ClN3O5. The summed E-state index contributed by atoms with van der Waals surface area (Å²) < 4.78 is 5.20. The van der Waals surface area contributed by atoms with Crippen molar-refractivity contribution in [1.29, 1.82) is 0 Å². The maximum atomic E-state index is 12.1. The first-order chi connectivity index (χ1) is 12.4. The molecule has 150 valence electrons. The number of hydrogen-bond acceptors (Lipinski definition) is 5. The highest BCUT2D eigenvalue weighted by atomic mass is 35.5. The molecule has 1 aliphatic heterocycles. The summed E-state index contributed by atoms with van der Waals surface area (Å²) in [6, 6.07) is 4.77. The summed E-state index contributed by atoms with van der Waals surface area (Å²) >= 11 is 0. The van der Waals surface area contributed by atoms with Gasteiger partial charge in [-0.1, -0.05) is 12.5 Å². The summed E-state index contributed by atoms with van der Waals surface area (Å²) in [5, 5.41) is 14.5. The smallest absolute Gasteiger partial charge is 0.320 e. The summed E-state index contributed by atoms with van der Waals surface area (Å²) in [7, 11) is 1.51. The van der Waals surface area contributed by atoms with Gasteiger partial charge >= 0.3 is 5.97 Å². The SMILES string of the molecule is COc1ccc(C)cc1NC(=O)CNC(=O)CN1CCCCC1C(=O)O.Cl. The molecule has 1 unspecified atom stereocenters. The summed E-state index contributed by atoms with van der Waals surface area (Å²) in [4.78, 5) is 37.0. The molecule has 2 amide bonds. The highest BCUT2D eigenvalue weighted by Crippen LogP contribution is 2.24. The number of carbonyl (C=O) groups is 3. The molecule has 9 heteroatoms. The Kier molecular flexibility index (Phi) is 9.04. The van der Waals surface area contributed by atoms with Crippen LogP contribution in [0.15, 0.2) is 18.2 Å². The molecule has 1 heterocycles. The van der Waals surface area contributed by atoms with E-state index in [0.29, 0.717) is 24.4 Å². The molecular weight excluding hydrogens is 374 g/mol. The van der Waals surface area contributed by atoms with E-state index < -0.39 is 12.0 Å². The number of methoxy groups -OCH3 is 1. The zero-order chi connectivity index (χ0) is 19.1. The van der Waals surface area contributed by atoms with Gasteiger partial charge in [-0.05, 0) is 44.0 Å². The van der Waals surface area contributed by atoms with Crippen LogP contribution in [0, 0.1) is 6.92 Å². The molecule has 2 rings (SSSR count). The molecule has 0 radical (unpaired) electrons. The van der Waals surface area contributed by atoms with Crippen LogP contribution < -0.4 is 15.4 Å². The third-order valence-corrected chi connectivity index (χ3v) is 4.32. The van der Waals surface area contributed by atoms with Gasteiger partial charge < -0.3 is 20.5 Å². The molecule has 1 fully saturated rings. The van der Waals surface area contributed by atoms with Gasteiger partial charge in [0.15, 0.2) is 0 Å². The zero-order valence-electron chi connectivity index (χ0n) is 15.5. The number of carbonyl (C=O) groups excluding carboxylic acids is 2. The average molecular weight is 400 g/mol. The molecule has 1 atom stereocenters. The van der Waals surface area contributed by atoms with Crippen molar-refractivity contribution in [2.45, 2.75) is 32.2 Å². The number of benzene rings is 1. The maximum absolute atomic E-state index is 12.1. The van der Waals surface area contributed by atoms with Crippen molar-refractivity contribution in [3.05, 3.63) is 23.8 Å². The number of rotatable bonds is 7. The van der Waals surface area contributed by atoms with Crippen LogP contribution in [0.4, 0.5) is 5.69 Å². The molecule has 1 aromatic rings. The van der Waals surface area contributed by atoms with E-state index in [1.165, 1.54) is 7.11 Å². The van der Waals surface area contributed by atoms with Crippen LogP contribution in [0.25, 0.3) is 0 Å². The topological polar surface area (TPSA) is 108 Å². The first-order valence-electron chi connectivity index (χ1n) is 8.58. The van der Waals surface area contributed by atoms with E-state index in [1.807, 2.05) is 13.0 Å². The third kappa shape index (κ3) is 6.73. The second kappa shape index (κ2) is 10.7. The summed E-state index contributed by atoms with van der Waals surface area (Å²) in [5.41, 5.74) is 1.50. The Morgan fingerprint density at radius 1 is 1.26 bits per heavy atom. The van der Waals surface area contributed by atoms with Crippen molar-refractivity contribution < 1.29 is 24.2 Å². The molecule has 8 nitrogen and oxygen atoms in total. The second-order valence-corrected chi connectivity index (χ2v) is 6.35. The highest BCUT2D eigenvalue weighted by Gasteiger charge is 2.29. The Labute approximate surface area is 164 Å². The van der Waals surface area contributed by atoms with Gasteiger partial charge in [0.25, 0.3) is 0 Å². The number of halogens is 1. The van der Waals surface area contributed by atoms with Crippen molar-refractivity contribution >= 4 is 35.9 Å². The Balaban J connectivity index is 0.00000364. The van der Waals surface area contributed by atoms with Crippen LogP contribution in [0.5, 0.6) is 5.75 Å². The molecule has 1 saturated heterocycles. The lowest BCUT2D eigenvalue weighted by molar-refractivity contribution is -0.145. The minimum Gasteiger partial charge on any atom is -0.495 e. The van der Waals surface area contributed by atoms with Gasteiger partial charge in [-0.2, -0.15) is 0 Å². The van der Waals surface area contributed by atoms with E-state index in [4.69, 9.17) is 4.74 Å². The molecule has 27 heavy (non-hydrogen) atoms. The number of aryl methyl sites for hydroxylation is 1. The predicted molar refractivity (Wildman–Crippen MR) is 103 cm³/mol. The Morgan fingerprint density at radius 2 is 2.00 bits per heavy atom. The standard InChI is InChI=1S/C18H25N3O5.ClH/c1-12-6-7-15(26-2)13(9-12)20-16(22)10-19-17(23)11-21-8-4-3-5-14(21)18(24)25;/h6-7,9,14H,3-5,8,10-11H2,1-2H3,(H,19,23)(H,20,22)(H,24,25);1H. The van der Waals surface area contributed by atoms with Crippen molar-refractivity contribution in [3.8, 4) is 5.75 Å². The molecule has 0 spiro atoms. The van der Waals surface area contributed by atoms with E-state index in [-0.39, 0.29) is 37.3 Å². The van der Waals surface area contributed by atoms with Gasteiger partial charge in [-0.3, -0.25) is 19.3 Å². The minimum atomic E-state index is -0.915. The first kappa shape index (κ1) is 22.7. The molecule has 0 aliphatic carbocycles. The number of anilines is 1. The Bertz CT molecular complexity index is 683. The van der Waals surface area contributed by atoms with Gasteiger partial charge in [0, 0.05) is 0 Å². The third-order valence-electron chi connectivity index (χ3n) is 4.32. The fourth-order valence-electron chi connectivity index (χ4n) is 2.99. The van der Waals surface area contributed by atoms with Gasteiger partial charge in [0.2, 0.25) is 11.8 Å². The van der Waals surface area contributed by atoms with Crippen LogP contribution in [-0.4, -0.2) is 60.6 Å². The summed E-state index contributed by atoms with van der Waals surface area (Å²) in [6.45, 7) is 2.24. The maximum Gasteiger partial charge on any atom is 0.320 e. The number of carboxylic acids is 1. The van der Waals surface area contributed by atoms with Crippen LogP contribution in [0.2, 0.25) is 0 Å². The monoisotopic (exact) mass is 399 g/mol. The van der Waals surface area contributed by atoms with E-state index in [1.54, 1.807) is 17.0 Å². The van der Waals surface area contributed by atoms with Crippen molar-refractivity contribution in [3.63, 3.8) is 0 Å². The van der Waals surface area contributed by atoms with Gasteiger partial charge in [-0.25, -0.2) is 0 Å². The van der Waals surface area contributed by atoms with E-state index >= 15 is 0 Å². The number of piperidine rings is 1. The lowest BCUT2D eigenvalue weighted by Gasteiger charge is -2.32. The van der Waals surface area contributed by atoms with Crippen LogP contribution in [0.1, 0.15) is 24.8 Å². The van der Waals surface area contributed by atoms with Crippen molar-refractivity contribution in [2.75, 3.05) is 32.1 Å². The molecule has 1 aliphatic rings. The number of nitrogens with zero attached hydrogens (tertiary/aromatic N) is 1. The molecule has 3 N–H and O–H groups in total. The number of nitrogens with one attached hydrogen (secondary N) is 2. The quantitative estimate of drug-likeness (QED) is 0.640. The Hall–Kier alpha value is -2.32. The van der Waals surface area contributed by atoms with Gasteiger partial charge in [-0.15, -0.1) is 12.4 Å². The average Bonchev–Trinajstić information content (AvgIpc) is 2.60. The Morgan fingerprint density at radius 3 is 2.67 bits per heavy atom. The number of hydrogen-bond donors (Lipinski definition) is 3. The first-order valence-corrected chi connectivity index (χ1v) is 8.58. The molecule has 0 bridgehead atoms. The van der Waals surface area contributed by atoms with Crippen LogP contribution in [-0.2, 0) is 14.4 Å². The highest BCUT2D eigenvalue weighted by molar-refractivity contribution is 5.96. The van der Waals surface area contributed by atoms with Gasteiger partial charge in [0.05, 0.1) is 25.9 Å². The fraction of sp³-hybridized carbons (Fsp3) is 0.500. The van der Waals surface area contributed by atoms with E-state index in [2.05, 4.69) is 10.6 Å². The zero-order valence-corrected chi connectivity index (χ0v) is 16.3. The lowest BCUT2D eigenvalue weighted by Crippen LogP contribution is -2.49. The summed E-state index contributed by atoms with van der Waals surface area (Å²) in [6.07, 6.45) is 2.25. The fourth-order valence-corrected chi connectivity index (χ4v) is 2.99. The molecule has 0 aromatic heterocycles. The van der Waals surface area contributed by atoms with E-state index in [9.17, 15) is 19.5 Å². The van der Waals surface area contributed by atoms with Gasteiger partial charge in [0.1, 0.15) is 11.8 Å². The summed E-state index contributed by atoms with van der Waals surface area (Å²) in [5.74, 6) is -1.13. The van der Waals surface area contributed by atoms with Crippen molar-refractivity contribution in [2.24, 2.45) is 0 Å². The number of amides is 2. The second-order valence-electron chi connectivity index (χ2n) is 6.35. The molecule has 0 saturated carbocycles. The lowest BCUT2D eigenvalue weighted by atomic mass is 10.0. The minimum absolute atomic E-state index is 0. The number of carboxylic acid groups (broad SMARTS) is 1. The van der Waals surface area contributed by atoms with Crippen molar-refractivity contribution in [1.82, 2.24) is 10.2 Å². The number of ether oxygens (including phenoxy) is 1. The predicted octanol–water partition coefficient (Wildman–Crippen LogP) is 1.42. The van der Waals surface area contributed by atoms with Crippen LogP contribution >= 0.6 is 12.4 Å². The normalized spacial score (nSPS) is 16.7. The van der Waals surface area contributed by atoms with E-state index in [0.717, 1.165) is 18.4 Å². The van der Waals surface area contributed by atoms with Crippen LogP contribution in [0.3, 0.4) is 0 Å².